The van der Waals surface area contributed by atoms with Gasteiger partial charge in [-0.25, -0.2) is 8.78 Å². The fourth-order valence-electron chi connectivity index (χ4n) is 2.41. The smallest absolute Gasteiger partial charge is 0.145 e. The minimum absolute atomic E-state index is 0.215. The van der Waals surface area contributed by atoms with E-state index in [1.54, 1.807) is 0 Å². The molecule has 0 amide bonds. The van der Waals surface area contributed by atoms with E-state index in [2.05, 4.69) is 18.8 Å². The van der Waals surface area contributed by atoms with Crippen LogP contribution in [0.25, 0.3) is 0 Å². The van der Waals surface area contributed by atoms with Crippen LogP contribution in [0.1, 0.15) is 54.9 Å². The van der Waals surface area contributed by atoms with E-state index in [0.29, 0.717) is 0 Å². The van der Waals surface area contributed by atoms with Crippen LogP contribution in [0, 0.1) is 34.8 Å². The zero-order chi connectivity index (χ0) is 17.4. The molecule has 2 aromatic carbocycles. The fraction of sp³-hybridized carbons (Fsp3) is 0.286. The Bertz CT molecular complexity index is 766. The normalized spacial score (nSPS) is 9.92. The predicted octanol–water partition coefficient (Wildman–Crippen LogP) is 5.36. The monoisotopic (exact) mass is 323 g/mol. The third-order valence-electron chi connectivity index (χ3n) is 3.78. The number of aryl methyl sites for hydroxylation is 1. The summed E-state index contributed by atoms with van der Waals surface area (Å²) in [6.45, 7) is 2.19. The Labute approximate surface area is 141 Å². The molecule has 0 N–H and O–H groups in total. The summed E-state index contributed by atoms with van der Waals surface area (Å²) in [5, 5.41) is 8.65. The second kappa shape index (κ2) is 8.85. The largest absolute Gasteiger partial charge is 0.205 e. The number of hydrogen-bond acceptors (Lipinski definition) is 1. The maximum absolute atomic E-state index is 13.5. The van der Waals surface area contributed by atoms with Crippen LogP contribution < -0.4 is 0 Å². The minimum Gasteiger partial charge on any atom is -0.205 e. The van der Waals surface area contributed by atoms with Gasteiger partial charge >= 0.3 is 0 Å². The topological polar surface area (TPSA) is 23.8 Å². The van der Waals surface area contributed by atoms with Crippen molar-refractivity contribution >= 4 is 0 Å². The van der Waals surface area contributed by atoms with E-state index in [9.17, 15) is 8.78 Å². The van der Waals surface area contributed by atoms with Gasteiger partial charge in [-0.15, -0.1) is 0 Å². The second-order valence-corrected chi connectivity index (χ2v) is 5.68. The molecule has 122 valence electrons. The lowest BCUT2D eigenvalue weighted by Crippen LogP contribution is -1.92. The summed E-state index contributed by atoms with van der Waals surface area (Å²) >= 11 is 0. The number of halogens is 2. The van der Waals surface area contributed by atoms with Gasteiger partial charge in [0.25, 0.3) is 0 Å². The van der Waals surface area contributed by atoms with Crippen LogP contribution in [-0.4, -0.2) is 0 Å². The van der Waals surface area contributed by atoms with E-state index in [4.69, 9.17) is 5.26 Å². The highest BCUT2D eigenvalue weighted by Crippen LogP contribution is 2.14. The number of hydrogen-bond donors (Lipinski definition) is 0. The van der Waals surface area contributed by atoms with Crippen molar-refractivity contribution in [3.05, 3.63) is 70.3 Å². The molecule has 0 atom stereocenters. The van der Waals surface area contributed by atoms with Crippen LogP contribution in [0.3, 0.4) is 0 Å². The predicted molar refractivity (Wildman–Crippen MR) is 91.3 cm³/mol. The van der Waals surface area contributed by atoms with Gasteiger partial charge in [-0.05, 0) is 42.7 Å². The van der Waals surface area contributed by atoms with E-state index in [-0.39, 0.29) is 5.56 Å². The lowest BCUT2D eigenvalue weighted by molar-refractivity contribution is 0.576. The molecule has 24 heavy (non-hydrogen) atoms. The van der Waals surface area contributed by atoms with Gasteiger partial charge < -0.3 is 0 Å². The molecule has 0 aliphatic rings. The van der Waals surface area contributed by atoms with Crippen LogP contribution in [0.2, 0.25) is 0 Å². The van der Waals surface area contributed by atoms with Gasteiger partial charge in [-0.1, -0.05) is 50.2 Å². The summed E-state index contributed by atoms with van der Waals surface area (Å²) in [6.07, 6.45) is 5.97. The van der Waals surface area contributed by atoms with Crippen LogP contribution in [0.5, 0.6) is 0 Å². The van der Waals surface area contributed by atoms with Crippen LogP contribution >= 0.6 is 0 Å². The first-order valence-electron chi connectivity index (χ1n) is 8.14. The Morgan fingerprint density at radius 2 is 1.50 bits per heavy atom. The highest BCUT2D eigenvalue weighted by atomic mass is 19.1. The quantitative estimate of drug-likeness (QED) is 0.537. The van der Waals surface area contributed by atoms with Crippen LogP contribution in [0.4, 0.5) is 8.78 Å². The average Bonchev–Trinajstić information content (AvgIpc) is 2.58. The second-order valence-electron chi connectivity index (χ2n) is 5.68. The highest BCUT2D eigenvalue weighted by molar-refractivity contribution is 5.46. The van der Waals surface area contributed by atoms with Gasteiger partial charge in [0.15, 0.2) is 0 Å². The molecule has 2 rings (SSSR count). The zero-order valence-corrected chi connectivity index (χ0v) is 13.7. The Morgan fingerprint density at radius 3 is 2.08 bits per heavy atom. The summed E-state index contributed by atoms with van der Waals surface area (Å²) in [5.74, 6) is 3.85. The molecule has 0 fully saturated rings. The van der Waals surface area contributed by atoms with E-state index in [1.165, 1.54) is 37.3 Å². The number of nitrogens with zero attached hydrogens (tertiary/aromatic N) is 1. The minimum atomic E-state index is -0.885. The first-order chi connectivity index (χ1) is 11.6. The number of nitriles is 1. The Kier molecular flexibility index (Phi) is 6.52. The Hall–Kier alpha value is -2.65. The van der Waals surface area contributed by atoms with Crippen molar-refractivity contribution in [2.45, 2.75) is 39.0 Å². The molecular weight excluding hydrogens is 304 g/mol. The van der Waals surface area contributed by atoms with Crippen molar-refractivity contribution in [3.63, 3.8) is 0 Å². The molecule has 0 spiro atoms. The van der Waals surface area contributed by atoms with Gasteiger partial charge in [0.05, 0.1) is 0 Å². The van der Waals surface area contributed by atoms with E-state index < -0.39 is 17.2 Å². The van der Waals surface area contributed by atoms with Gasteiger partial charge in [-0.3, -0.25) is 0 Å². The lowest BCUT2D eigenvalue weighted by Gasteiger charge is -2.01. The fourth-order valence-corrected chi connectivity index (χ4v) is 2.41. The summed E-state index contributed by atoms with van der Waals surface area (Å²) in [5.41, 5.74) is 1.70. The molecular formula is C21H19F2N. The molecule has 0 saturated heterocycles. The first-order valence-corrected chi connectivity index (χ1v) is 8.14. The first kappa shape index (κ1) is 17.7. The molecule has 2 aromatic rings. The van der Waals surface area contributed by atoms with Gasteiger partial charge in [0, 0.05) is 11.1 Å². The number of rotatable bonds is 5. The molecule has 3 heteroatoms. The van der Waals surface area contributed by atoms with Gasteiger partial charge in [0.1, 0.15) is 23.3 Å². The third-order valence-corrected chi connectivity index (χ3v) is 3.78. The summed E-state index contributed by atoms with van der Waals surface area (Å²) < 4.78 is 27.1. The van der Waals surface area contributed by atoms with Crippen molar-refractivity contribution in [2.24, 2.45) is 0 Å². The van der Waals surface area contributed by atoms with E-state index in [0.717, 1.165) is 24.1 Å². The van der Waals surface area contributed by atoms with Crippen molar-refractivity contribution in [2.75, 3.05) is 0 Å². The van der Waals surface area contributed by atoms with Crippen molar-refractivity contribution in [1.29, 1.82) is 5.26 Å². The van der Waals surface area contributed by atoms with Gasteiger partial charge in [0.2, 0.25) is 0 Å². The molecule has 0 aliphatic carbocycles. The zero-order valence-electron chi connectivity index (χ0n) is 13.7. The van der Waals surface area contributed by atoms with Gasteiger partial charge in [-0.2, -0.15) is 5.26 Å². The molecule has 0 unspecified atom stereocenters. The molecule has 0 bridgehead atoms. The molecule has 0 radical (unpaired) electrons. The SMILES string of the molecule is CCCCCCc1ccc(C#Cc2cc(F)c(C#N)c(F)c2)cc1. The van der Waals surface area contributed by atoms with Crippen LogP contribution in [0.15, 0.2) is 36.4 Å². The molecule has 0 saturated carbocycles. The third kappa shape index (κ3) is 4.93. The summed E-state index contributed by atoms with van der Waals surface area (Å²) in [6, 6.07) is 11.6. The molecule has 0 aliphatic heterocycles. The van der Waals surface area contributed by atoms with E-state index >= 15 is 0 Å². The standard InChI is InChI=1S/C21H19F2N/c1-2-3-4-5-6-16-7-9-17(10-8-16)11-12-18-13-20(22)19(15-24)21(23)14-18/h7-10,13-14H,2-6H2,1H3. The Morgan fingerprint density at radius 1 is 0.875 bits per heavy atom. The average molecular weight is 323 g/mol. The van der Waals surface area contributed by atoms with Crippen molar-refractivity contribution in [1.82, 2.24) is 0 Å². The van der Waals surface area contributed by atoms with Crippen LogP contribution in [-0.2, 0) is 6.42 Å². The highest BCUT2D eigenvalue weighted by Gasteiger charge is 2.09. The maximum Gasteiger partial charge on any atom is 0.145 e. The number of benzene rings is 2. The maximum atomic E-state index is 13.5. The summed E-state index contributed by atoms with van der Waals surface area (Å²) in [7, 11) is 0. The molecule has 0 aromatic heterocycles. The molecule has 0 heterocycles. The van der Waals surface area contributed by atoms with Crippen molar-refractivity contribution < 1.29 is 8.78 Å². The molecule has 1 nitrogen and oxygen atoms in total. The Balaban J connectivity index is 2.05. The summed E-state index contributed by atoms with van der Waals surface area (Å²) in [4.78, 5) is 0. The number of unbranched alkanes of at least 4 members (excludes halogenated alkanes) is 3. The van der Waals surface area contributed by atoms with E-state index in [1.807, 2.05) is 24.3 Å². The lowest BCUT2D eigenvalue weighted by atomic mass is 10.0. The van der Waals surface area contributed by atoms with Crippen molar-refractivity contribution in [3.8, 4) is 17.9 Å².